The summed E-state index contributed by atoms with van der Waals surface area (Å²) < 4.78 is 24.4. The lowest BCUT2D eigenvalue weighted by Crippen LogP contribution is -2.37. The number of ether oxygens (including phenoxy) is 2. The Labute approximate surface area is 177 Å². The number of hydrogen-bond acceptors (Lipinski definition) is 3. The summed E-state index contributed by atoms with van der Waals surface area (Å²) in [6.07, 6.45) is 0.844. The molecule has 2 aromatic rings. The van der Waals surface area contributed by atoms with E-state index >= 15 is 0 Å². The van der Waals surface area contributed by atoms with Crippen molar-refractivity contribution in [2.24, 2.45) is 4.99 Å². The molecule has 0 amide bonds. The molecule has 0 radical (unpaired) electrons. The fourth-order valence-electron chi connectivity index (χ4n) is 2.33. The second-order valence-corrected chi connectivity index (χ2v) is 5.70. The third-order valence-electron chi connectivity index (χ3n) is 3.81. The van der Waals surface area contributed by atoms with Gasteiger partial charge in [0.2, 0.25) is 0 Å². The van der Waals surface area contributed by atoms with Gasteiger partial charge in [0.1, 0.15) is 11.6 Å². The monoisotopic (exact) mass is 487 g/mol. The van der Waals surface area contributed by atoms with E-state index in [1.165, 1.54) is 6.07 Å². The zero-order valence-electron chi connectivity index (χ0n) is 15.7. The molecule has 0 heterocycles. The SMILES string of the molecule is CN=C(NCCCOCc1ccc(OC)cc1)NCc1ccccc1F.I. The number of nitrogens with one attached hydrogen (secondary N) is 2. The van der Waals surface area contributed by atoms with Crippen molar-refractivity contribution in [2.45, 2.75) is 19.6 Å². The van der Waals surface area contributed by atoms with Gasteiger partial charge in [-0.1, -0.05) is 30.3 Å². The summed E-state index contributed by atoms with van der Waals surface area (Å²) in [4.78, 5) is 4.13. The van der Waals surface area contributed by atoms with Crippen LogP contribution in [0.15, 0.2) is 53.5 Å². The van der Waals surface area contributed by atoms with Gasteiger partial charge in [-0.05, 0) is 30.2 Å². The molecule has 0 fully saturated rings. The van der Waals surface area contributed by atoms with E-state index in [1.807, 2.05) is 30.3 Å². The minimum atomic E-state index is -0.220. The first-order valence-corrected chi connectivity index (χ1v) is 8.61. The number of hydrogen-bond donors (Lipinski definition) is 2. The lowest BCUT2D eigenvalue weighted by Gasteiger charge is -2.12. The third kappa shape index (κ3) is 8.57. The first-order valence-electron chi connectivity index (χ1n) is 8.61. The standard InChI is InChI=1S/C20H26FN3O2.HI/c1-22-20(24-14-17-6-3-4-7-19(17)21)23-12-5-13-26-15-16-8-10-18(25-2)11-9-16;/h3-4,6-11H,5,12-15H2,1-2H3,(H2,22,23,24);1H. The van der Waals surface area contributed by atoms with Gasteiger partial charge in [-0.3, -0.25) is 4.99 Å². The Kier molecular flexibility index (Phi) is 11.4. The molecule has 7 heteroatoms. The summed E-state index contributed by atoms with van der Waals surface area (Å²) in [6.45, 7) is 2.33. The number of nitrogens with zero attached hydrogens (tertiary/aromatic N) is 1. The highest BCUT2D eigenvalue weighted by molar-refractivity contribution is 14.0. The second kappa shape index (κ2) is 13.3. The Hall–Kier alpha value is -1.87. The van der Waals surface area contributed by atoms with Crippen LogP contribution in [0.2, 0.25) is 0 Å². The van der Waals surface area contributed by atoms with Crippen molar-refractivity contribution in [1.82, 2.24) is 10.6 Å². The number of aliphatic imine (C=N–C) groups is 1. The number of methoxy groups -OCH3 is 1. The molecule has 5 nitrogen and oxygen atoms in total. The van der Waals surface area contributed by atoms with E-state index < -0.39 is 0 Å². The molecule has 27 heavy (non-hydrogen) atoms. The summed E-state index contributed by atoms with van der Waals surface area (Å²) in [7, 11) is 3.34. The van der Waals surface area contributed by atoms with Crippen molar-refractivity contribution in [1.29, 1.82) is 0 Å². The van der Waals surface area contributed by atoms with Gasteiger partial charge in [-0.25, -0.2) is 4.39 Å². The third-order valence-corrected chi connectivity index (χ3v) is 3.81. The van der Waals surface area contributed by atoms with Crippen LogP contribution in [0.3, 0.4) is 0 Å². The smallest absolute Gasteiger partial charge is 0.191 e. The molecule has 2 aromatic carbocycles. The number of halogens is 2. The van der Waals surface area contributed by atoms with Crippen molar-refractivity contribution in [2.75, 3.05) is 27.3 Å². The molecule has 0 saturated carbocycles. The zero-order valence-corrected chi connectivity index (χ0v) is 18.0. The predicted octanol–water partition coefficient (Wildman–Crippen LogP) is 3.72. The summed E-state index contributed by atoms with van der Waals surface area (Å²) in [5.41, 5.74) is 1.72. The molecule has 0 aliphatic carbocycles. The lowest BCUT2D eigenvalue weighted by atomic mass is 10.2. The Balaban J connectivity index is 0.00000364. The average Bonchev–Trinajstić information content (AvgIpc) is 2.68. The zero-order chi connectivity index (χ0) is 18.6. The number of rotatable bonds is 9. The van der Waals surface area contributed by atoms with Gasteiger partial charge >= 0.3 is 0 Å². The van der Waals surface area contributed by atoms with Crippen LogP contribution >= 0.6 is 24.0 Å². The first-order chi connectivity index (χ1) is 12.7. The van der Waals surface area contributed by atoms with Gasteiger partial charge in [0.25, 0.3) is 0 Å². The molecule has 0 spiro atoms. The van der Waals surface area contributed by atoms with Gasteiger partial charge < -0.3 is 20.1 Å². The van der Waals surface area contributed by atoms with Gasteiger partial charge in [0.15, 0.2) is 5.96 Å². The Morgan fingerprint density at radius 2 is 1.81 bits per heavy atom. The van der Waals surface area contributed by atoms with Crippen molar-refractivity contribution in [3.63, 3.8) is 0 Å². The van der Waals surface area contributed by atoms with Crippen LogP contribution in [0.25, 0.3) is 0 Å². The van der Waals surface area contributed by atoms with Crippen LogP contribution in [0.1, 0.15) is 17.5 Å². The summed E-state index contributed by atoms with van der Waals surface area (Å²) in [5.74, 6) is 1.26. The molecule has 0 aromatic heterocycles. The van der Waals surface area contributed by atoms with Crippen molar-refractivity contribution in [3.8, 4) is 5.75 Å². The maximum Gasteiger partial charge on any atom is 0.191 e. The van der Waals surface area contributed by atoms with Crippen molar-refractivity contribution < 1.29 is 13.9 Å². The van der Waals surface area contributed by atoms with E-state index in [9.17, 15) is 4.39 Å². The molecule has 2 rings (SSSR count). The molecule has 0 unspecified atom stereocenters. The van der Waals surface area contributed by atoms with Gasteiger partial charge in [0.05, 0.1) is 13.7 Å². The van der Waals surface area contributed by atoms with E-state index in [0.717, 1.165) is 24.3 Å². The first kappa shape index (κ1) is 23.2. The topological polar surface area (TPSA) is 54.9 Å². The van der Waals surface area contributed by atoms with Crippen LogP contribution < -0.4 is 15.4 Å². The van der Waals surface area contributed by atoms with Gasteiger partial charge in [-0.2, -0.15) is 0 Å². The van der Waals surface area contributed by atoms with Crippen LogP contribution in [0.4, 0.5) is 4.39 Å². The normalized spacial score (nSPS) is 10.9. The number of benzene rings is 2. The van der Waals surface area contributed by atoms with Crippen molar-refractivity contribution in [3.05, 3.63) is 65.5 Å². The maximum absolute atomic E-state index is 13.6. The Morgan fingerprint density at radius 1 is 1.07 bits per heavy atom. The second-order valence-electron chi connectivity index (χ2n) is 5.70. The van der Waals surface area contributed by atoms with Crippen molar-refractivity contribution >= 4 is 29.9 Å². The summed E-state index contributed by atoms with van der Waals surface area (Å²) in [5, 5.41) is 6.29. The molecule has 148 valence electrons. The maximum atomic E-state index is 13.6. The van der Waals surface area contributed by atoms with Crippen LogP contribution in [0, 0.1) is 5.82 Å². The fraction of sp³-hybridized carbons (Fsp3) is 0.350. The van der Waals surface area contributed by atoms with Crippen LogP contribution in [-0.2, 0) is 17.9 Å². The summed E-state index contributed by atoms with van der Waals surface area (Å²) in [6, 6.07) is 14.5. The molecule has 0 saturated heterocycles. The van der Waals surface area contributed by atoms with E-state index in [4.69, 9.17) is 9.47 Å². The Morgan fingerprint density at radius 3 is 2.48 bits per heavy atom. The quantitative estimate of drug-likeness (QED) is 0.245. The largest absolute Gasteiger partial charge is 0.497 e. The molecule has 0 aliphatic heterocycles. The molecule has 0 aliphatic rings. The van der Waals surface area contributed by atoms with Crippen LogP contribution in [-0.4, -0.2) is 33.3 Å². The van der Waals surface area contributed by atoms with E-state index in [2.05, 4.69) is 15.6 Å². The molecular formula is C20H27FIN3O2. The summed E-state index contributed by atoms with van der Waals surface area (Å²) >= 11 is 0. The van der Waals surface area contributed by atoms with E-state index in [-0.39, 0.29) is 29.8 Å². The fourth-order valence-corrected chi connectivity index (χ4v) is 2.33. The average molecular weight is 487 g/mol. The predicted molar refractivity (Wildman–Crippen MR) is 117 cm³/mol. The van der Waals surface area contributed by atoms with E-state index in [1.54, 1.807) is 26.3 Å². The minimum Gasteiger partial charge on any atom is -0.497 e. The highest BCUT2D eigenvalue weighted by atomic mass is 127. The van der Waals surface area contributed by atoms with Crippen LogP contribution in [0.5, 0.6) is 5.75 Å². The highest BCUT2D eigenvalue weighted by Crippen LogP contribution is 2.11. The molecule has 0 bridgehead atoms. The lowest BCUT2D eigenvalue weighted by molar-refractivity contribution is 0.119. The number of guanidine groups is 1. The Bertz CT molecular complexity index is 696. The minimum absolute atomic E-state index is 0. The van der Waals surface area contributed by atoms with E-state index in [0.29, 0.717) is 31.3 Å². The molecular weight excluding hydrogens is 460 g/mol. The highest BCUT2D eigenvalue weighted by Gasteiger charge is 2.02. The molecule has 2 N–H and O–H groups in total. The van der Waals surface area contributed by atoms with Gasteiger partial charge in [-0.15, -0.1) is 24.0 Å². The molecule has 0 atom stereocenters. The van der Waals surface area contributed by atoms with Gasteiger partial charge in [0, 0.05) is 32.3 Å².